The number of methoxy groups -OCH3 is 1. The first-order valence-electron chi connectivity index (χ1n) is 10.00. The minimum absolute atomic E-state index is 0.236. The fourth-order valence-electron chi connectivity index (χ4n) is 3.21. The van der Waals surface area contributed by atoms with E-state index < -0.39 is 17.7 Å². The minimum Gasteiger partial charge on any atom is -0.372 e. The molecule has 1 atom stereocenters. The minimum atomic E-state index is -0.874. The zero-order valence-electron chi connectivity index (χ0n) is 17.5. The Labute approximate surface area is 179 Å². The number of likely N-dealkylation sites (tertiary alicyclic amines) is 1. The molecule has 3 rings (SSSR count). The molecule has 0 radical (unpaired) electrons. The zero-order valence-corrected chi connectivity index (χ0v) is 17.5. The molecule has 2 N–H and O–H groups in total. The van der Waals surface area contributed by atoms with Gasteiger partial charge in [-0.25, -0.2) is 13.6 Å². The van der Waals surface area contributed by atoms with E-state index in [1.807, 2.05) is 6.08 Å². The number of carbonyl (C=O) groups is 2. The molecular formula is C23H25F2N3O3. The summed E-state index contributed by atoms with van der Waals surface area (Å²) in [5, 5.41) is 5.58. The monoisotopic (exact) mass is 429 g/mol. The van der Waals surface area contributed by atoms with Gasteiger partial charge in [0.05, 0.1) is 0 Å². The number of nitrogens with one attached hydrogen (secondary N) is 2. The molecule has 164 valence electrons. The quantitative estimate of drug-likeness (QED) is 0.727. The van der Waals surface area contributed by atoms with Crippen molar-refractivity contribution in [1.29, 1.82) is 0 Å². The maximum absolute atomic E-state index is 13.4. The van der Waals surface area contributed by atoms with Crippen LogP contribution in [0.5, 0.6) is 0 Å². The largest absolute Gasteiger partial charge is 0.372 e. The summed E-state index contributed by atoms with van der Waals surface area (Å²) in [5.74, 6) is -2.02. The van der Waals surface area contributed by atoms with Crippen molar-refractivity contribution in [2.24, 2.45) is 0 Å². The summed E-state index contributed by atoms with van der Waals surface area (Å²) in [4.78, 5) is 26.2. The molecule has 6 nitrogen and oxygen atoms in total. The van der Waals surface area contributed by atoms with Gasteiger partial charge in [-0.05, 0) is 55.7 Å². The molecule has 2 aromatic rings. The second-order valence-corrected chi connectivity index (χ2v) is 7.34. The second kappa shape index (κ2) is 10.2. The number of carbonyl (C=O) groups excluding carboxylic acids is 2. The predicted molar refractivity (Wildman–Crippen MR) is 116 cm³/mol. The van der Waals surface area contributed by atoms with Gasteiger partial charge in [0.2, 0.25) is 0 Å². The third-order valence-electron chi connectivity index (χ3n) is 5.11. The molecule has 1 saturated heterocycles. The Morgan fingerprint density at radius 3 is 2.35 bits per heavy atom. The number of halogens is 2. The lowest BCUT2D eigenvalue weighted by molar-refractivity contribution is -0.124. The van der Waals surface area contributed by atoms with Gasteiger partial charge in [0, 0.05) is 31.6 Å². The van der Waals surface area contributed by atoms with Gasteiger partial charge in [0.1, 0.15) is 6.10 Å². The van der Waals surface area contributed by atoms with E-state index in [1.54, 1.807) is 36.1 Å². The second-order valence-electron chi connectivity index (χ2n) is 7.34. The molecule has 0 aromatic heterocycles. The van der Waals surface area contributed by atoms with Gasteiger partial charge in [-0.15, -0.1) is 0 Å². The van der Waals surface area contributed by atoms with Crippen molar-refractivity contribution in [2.45, 2.75) is 25.9 Å². The molecule has 0 aliphatic carbocycles. The molecule has 1 aliphatic heterocycles. The lowest BCUT2D eigenvalue weighted by atomic mass is 10.0. The van der Waals surface area contributed by atoms with Crippen LogP contribution in [0.3, 0.4) is 0 Å². The number of urea groups is 1. The summed E-state index contributed by atoms with van der Waals surface area (Å²) in [6, 6.07) is 10.5. The van der Waals surface area contributed by atoms with E-state index >= 15 is 0 Å². The summed E-state index contributed by atoms with van der Waals surface area (Å²) in [7, 11) is 1.46. The number of anilines is 2. The van der Waals surface area contributed by atoms with Crippen molar-refractivity contribution in [3.63, 3.8) is 0 Å². The van der Waals surface area contributed by atoms with E-state index in [1.165, 1.54) is 19.2 Å². The fraction of sp³-hybridized carbons (Fsp3) is 0.304. The molecule has 0 saturated carbocycles. The maximum atomic E-state index is 13.4. The van der Waals surface area contributed by atoms with Crippen LogP contribution in [0.15, 0.2) is 48.0 Å². The Morgan fingerprint density at radius 1 is 1.03 bits per heavy atom. The van der Waals surface area contributed by atoms with Crippen LogP contribution >= 0.6 is 0 Å². The van der Waals surface area contributed by atoms with Gasteiger partial charge in [0.15, 0.2) is 11.6 Å². The maximum Gasteiger partial charge on any atom is 0.321 e. The number of piperidine rings is 1. The molecule has 1 aliphatic rings. The lowest BCUT2D eigenvalue weighted by Gasteiger charge is -2.28. The average Bonchev–Trinajstić information content (AvgIpc) is 2.76. The van der Waals surface area contributed by atoms with Gasteiger partial charge in [-0.3, -0.25) is 4.79 Å². The highest BCUT2D eigenvalue weighted by Gasteiger charge is 2.19. The third kappa shape index (κ3) is 6.11. The van der Waals surface area contributed by atoms with Gasteiger partial charge < -0.3 is 20.3 Å². The third-order valence-corrected chi connectivity index (χ3v) is 5.11. The Balaban J connectivity index is 1.55. The molecule has 8 heteroatoms. The van der Waals surface area contributed by atoms with Crippen molar-refractivity contribution in [3.05, 3.63) is 65.2 Å². The molecule has 1 fully saturated rings. The molecular weight excluding hydrogens is 404 g/mol. The molecule has 1 heterocycles. The van der Waals surface area contributed by atoms with E-state index in [0.717, 1.165) is 11.6 Å². The first kappa shape index (κ1) is 22.4. The smallest absolute Gasteiger partial charge is 0.321 e. The first-order chi connectivity index (χ1) is 14.9. The first-order valence-corrected chi connectivity index (χ1v) is 10.00. The average molecular weight is 429 g/mol. The standard InChI is InChI=1S/C23H25F2N3O3/c1-15(31-2)22(29)26-18-4-3-5-19(14-18)27-23(30)28-10-8-16(9-11-28)12-17-6-7-20(24)21(25)13-17/h3-7,12-15H,8-11H2,1-2H3,(H,26,29)(H,27,30). The fourth-order valence-corrected chi connectivity index (χ4v) is 3.21. The van der Waals surface area contributed by atoms with Crippen LogP contribution in [0.4, 0.5) is 25.0 Å². The highest BCUT2D eigenvalue weighted by molar-refractivity contribution is 5.95. The summed E-state index contributed by atoms with van der Waals surface area (Å²) < 4.78 is 31.4. The van der Waals surface area contributed by atoms with E-state index in [4.69, 9.17) is 4.74 Å². The van der Waals surface area contributed by atoms with Crippen LogP contribution in [0, 0.1) is 11.6 Å². The van der Waals surface area contributed by atoms with Crippen LogP contribution in [0.25, 0.3) is 6.08 Å². The van der Waals surface area contributed by atoms with Gasteiger partial charge in [-0.2, -0.15) is 0 Å². The van der Waals surface area contributed by atoms with E-state index in [9.17, 15) is 18.4 Å². The number of nitrogens with zero attached hydrogens (tertiary/aromatic N) is 1. The van der Waals surface area contributed by atoms with E-state index in [2.05, 4.69) is 10.6 Å². The normalized spacial score (nSPS) is 14.7. The predicted octanol–water partition coefficient (Wildman–Crippen LogP) is 4.65. The van der Waals surface area contributed by atoms with Gasteiger partial charge >= 0.3 is 6.03 Å². The highest BCUT2D eigenvalue weighted by Crippen LogP contribution is 2.22. The Morgan fingerprint density at radius 2 is 1.71 bits per heavy atom. The Bertz CT molecular complexity index is 984. The van der Waals surface area contributed by atoms with Gasteiger partial charge in [0.25, 0.3) is 5.91 Å². The van der Waals surface area contributed by atoms with Crippen LogP contribution in [-0.4, -0.2) is 43.1 Å². The van der Waals surface area contributed by atoms with Crippen molar-refractivity contribution in [1.82, 2.24) is 4.90 Å². The number of amides is 3. The van der Waals surface area contributed by atoms with Crippen molar-refractivity contribution in [2.75, 3.05) is 30.8 Å². The molecule has 0 spiro atoms. The van der Waals surface area contributed by atoms with Crippen LogP contribution in [0.1, 0.15) is 25.3 Å². The molecule has 3 amide bonds. The molecule has 31 heavy (non-hydrogen) atoms. The topological polar surface area (TPSA) is 70.7 Å². The van der Waals surface area contributed by atoms with Crippen LogP contribution in [-0.2, 0) is 9.53 Å². The molecule has 1 unspecified atom stereocenters. The van der Waals surface area contributed by atoms with Crippen molar-refractivity contribution < 1.29 is 23.1 Å². The lowest BCUT2D eigenvalue weighted by Crippen LogP contribution is -2.39. The van der Waals surface area contributed by atoms with Crippen LogP contribution < -0.4 is 10.6 Å². The highest BCUT2D eigenvalue weighted by atomic mass is 19.2. The van der Waals surface area contributed by atoms with Crippen molar-refractivity contribution in [3.8, 4) is 0 Å². The molecule has 0 bridgehead atoms. The number of rotatable bonds is 5. The summed E-state index contributed by atoms with van der Waals surface area (Å²) in [6.07, 6.45) is 2.56. The Hall–Kier alpha value is -3.26. The number of hydrogen-bond donors (Lipinski definition) is 2. The van der Waals surface area contributed by atoms with Gasteiger partial charge in [-0.1, -0.05) is 23.8 Å². The van der Waals surface area contributed by atoms with Crippen LogP contribution in [0.2, 0.25) is 0 Å². The number of ether oxygens (including phenoxy) is 1. The summed E-state index contributed by atoms with van der Waals surface area (Å²) in [6.45, 7) is 2.68. The Kier molecular flexibility index (Phi) is 7.36. The van der Waals surface area contributed by atoms with E-state index in [0.29, 0.717) is 42.9 Å². The van der Waals surface area contributed by atoms with Crippen molar-refractivity contribution >= 4 is 29.4 Å². The van der Waals surface area contributed by atoms with E-state index in [-0.39, 0.29) is 11.9 Å². The number of hydrogen-bond acceptors (Lipinski definition) is 3. The zero-order chi connectivity index (χ0) is 22.4. The summed E-state index contributed by atoms with van der Waals surface area (Å²) >= 11 is 0. The summed E-state index contributed by atoms with van der Waals surface area (Å²) in [5.41, 5.74) is 2.80. The molecule has 2 aromatic carbocycles. The SMILES string of the molecule is COC(C)C(=O)Nc1cccc(NC(=O)N2CCC(=Cc3ccc(F)c(F)c3)CC2)c1. The number of benzene rings is 2.